The predicted molar refractivity (Wildman–Crippen MR) is 119 cm³/mol. The van der Waals surface area contributed by atoms with Gasteiger partial charge >= 0.3 is 0 Å². The van der Waals surface area contributed by atoms with E-state index >= 15 is 0 Å². The average Bonchev–Trinajstić information content (AvgIpc) is 3.39. The maximum absolute atomic E-state index is 5.29. The SMILES string of the molecule is CCNC(=NCC1(CCOC)CCC1)NCC1CC1c1ccccc1.I. The molecule has 0 radical (unpaired) electrons. The van der Waals surface area contributed by atoms with Gasteiger partial charge < -0.3 is 15.4 Å². The Bertz CT molecular complexity index is 560. The molecule has 146 valence electrons. The predicted octanol–water partition coefficient (Wildman–Crippen LogP) is 4.17. The largest absolute Gasteiger partial charge is 0.385 e. The molecule has 2 N–H and O–H groups in total. The monoisotopic (exact) mass is 471 g/mol. The Balaban J connectivity index is 0.00000243. The Hall–Kier alpha value is -0.820. The van der Waals surface area contributed by atoms with Gasteiger partial charge in [0.25, 0.3) is 0 Å². The van der Waals surface area contributed by atoms with E-state index in [1.54, 1.807) is 7.11 Å². The van der Waals surface area contributed by atoms with Gasteiger partial charge in [-0.3, -0.25) is 4.99 Å². The lowest BCUT2D eigenvalue weighted by Gasteiger charge is -2.40. The van der Waals surface area contributed by atoms with Crippen molar-refractivity contribution in [2.75, 3.05) is 33.4 Å². The summed E-state index contributed by atoms with van der Waals surface area (Å²) in [6.07, 6.45) is 6.33. The molecule has 1 aromatic carbocycles. The van der Waals surface area contributed by atoms with Crippen molar-refractivity contribution in [1.82, 2.24) is 10.6 Å². The van der Waals surface area contributed by atoms with E-state index in [1.807, 2.05) is 0 Å². The van der Waals surface area contributed by atoms with Gasteiger partial charge in [0.1, 0.15) is 0 Å². The zero-order chi connectivity index (χ0) is 17.5. The Morgan fingerprint density at radius 2 is 2.00 bits per heavy atom. The van der Waals surface area contributed by atoms with Gasteiger partial charge in [-0.2, -0.15) is 0 Å². The van der Waals surface area contributed by atoms with Crippen LogP contribution in [0, 0.1) is 11.3 Å². The number of hydrogen-bond donors (Lipinski definition) is 2. The van der Waals surface area contributed by atoms with Gasteiger partial charge in [0.2, 0.25) is 0 Å². The molecule has 0 heterocycles. The molecule has 0 spiro atoms. The third-order valence-electron chi connectivity index (χ3n) is 5.85. The van der Waals surface area contributed by atoms with Crippen LogP contribution >= 0.6 is 24.0 Å². The molecule has 0 bridgehead atoms. The van der Waals surface area contributed by atoms with Crippen molar-refractivity contribution in [3.05, 3.63) is 35.9 Å². The van der Waals surface area contributed by atoms with E-state index in [-0.39, 0.29) is 24.0 Å². The molecule has 3 rings (SSSR count). The molecule has 4 nitrogen and oxygen atoms in total. The van der Waals surface area contributed by atoms with E-state index in [0.29, 0.717) is 5.41 Å². The van der Waals surface area contributed by atoms with Crippen LogP contribution in [-0.4, -0.2) is 39.3 Å². The van der Waals surface area contributed by atoms with Crippen LogP contribution in [0.5, 0.6) is 0 Å². The van der Waals surface area contributed by atoms with E-state index in [9.17, 15) is 0 Å². The number of guanidine groups is 1. The fraction of sp³-hybridized carbons (Fsp3) is 0.667. The number of ether oxygens (including phenoxy) is 1. The van der Waals surface area contributed by atoms with Crippen molar-refractivity contribution in [2.24, 2.45) is 16.3 Å². The van der Waals surface area contributed by atoms with Crippen molar-refractivity contribution in [2.45, 2.75) is 44.9 Å². The second kappa shape index (κ2) is 10.5. The molecule has 0 aliphatic heterocycles. The highest BCUT2D eigenvalue weighted by molar-refractivity contribution is 14.0. The second-order valence-corrected chi connectivity index (χ2v) is 7.69. The van der Waals surface area contributed by atoms with Crippen LogP contribution in [0.4, 0.5) is 0 Å². The number of rotatable bonds is 9. The molecule has 2 aliphatic rings. The first-order chi connectivity index (χ1) is 12.3. The molecule has 2 atom stereocenters. The summed E-state index contributed by atoms with van der Waals surface area (Å²) >= 11 is 0. The van der Waals surface area contributed by atoms with Crippen molar-refractivity contribution in [3.63, 3.8) is 0 Å². The Morgan fingerprint density at radius 1 is 1.23 bits per heavy atom. The zero-order valence-corrected chi connectivity index (χ0v) is 18.5. The van der Waals surface area contributed by atoms with E-state index in [0.717, 1.165) is 50.5 Å². The summed E-state index contributed by atoms with van der Waals surface area (Å²) < 4.78 is 5.29. The minimum Gasteiger partial charge on any atom is -0.385 e. The summed E-state index contributed by atoms with van der Waals surface area (Å²) in [7, 11) is 1.79. The van der Waals surface area contributed by atoms with Crippen molar-refractivity contribution in [3.8, 4) is 0 Å². The number of aliphatic imine (C=N–C) groups is 1. The third kappa shape index (κ3) is 5.84. The van der Waals surface area contributed by atoms with Crippen LogP contribution in [0.25, 0.3) is 0 Å². The molecule has 5 heteroatoms. The van der Waals surface area contributed by atoms with Crippen LogP contribution in [-0.2, 0) is 4.74 Å². The summed E-state index contributed by atoms with van der Waals surface area (Å²) in [6.45, 7) is 5.81. The maximum atomic E-state index is 5.29. The topological polar surface area (TPSA) is 45.7 Å². The molecule has 2 aliphatic carbocycles. The maximum Gasteiger partial charge on any atom is 0.191 e. The molecule has 26 heavy (non-hydrogen) atoms. The van der Waals surface area contributed by atoms with Crippen LogP contribution in [0.3, 0.4) is 0 Å². The number of nitrogens with one attached hydrogen (secondary N) is 2. The lowest BCUT2D eigenvalue weighted by molar-refractivity contribution is 0.0778. The molecule has 0 amide bonds. The molecular weight excluding hydrogens is 437 g/mol. The molecule has 2 saturated carbocycles. The Labute approximate surface area is 175 Å². The van der Waals surface area contributed by atoms with Crippen LogP contribution < -0.4 is 10.6 Å². The first kappa shape index (κ1) is 21.5. The van der Waals surface area contributed by atoms with E-state index < -0.39 is 0 Å². The number of methoxy groups -OCH3 is 1. The van der Waals surface area contributed by atoms with Gasteiger partial charge in [-0.15, -0.1) is 24.0 Å². The smallest absolute Gasteiger partial charge is 0.191 e. The lowest BCUT2D eigenvalue weighted by Crippen LogP contribution is -2.41. The van der Waals surface area contributed by atoms with Crippen molar-refractivity contribution >= 4 is 29.9 Å². The first-order valence-corrected chi connectivity index (χ1v) is 9.82. The number of nitrogens with zero attached hydrogens (tertiary/aromatic N) is 1. The van der Waals surface area contributed by atoms with Gasteiger partial charge in [-0.1, -0.05) is 36.8 Å². The summed E-state index contributed by atoms with van der Waals surface area (Å²) in [5, 5.41) is 6.97. The summed E-state index contributed by atoms with van der Waals surface area (Å²) in [5.41, 5.74) is 1.86. The highest BCUT2D eigenvalue weighted by atomic mass is 127. The Morgan fingerprint density at radius 3 is 2.62 bits per heavy atom. The second-order valence-electron chi connectivity index (χ2n) is 7.69. The minimum atomic E-state index is 0. The van der Waals surface area contributed by atoms with Crippen molar-refractivity contribution < 1.29 is 4.74 Å². The van der Waals surface area contributed by atoms with Gasteiger partial charge in [-0.05, 0) is 55.4 Å². The molecule has 2 fully saturated rings. The fourth-order valence-electron chi connectivity index (χ4n) is 3.88. The first-order valence-electron chi connectivity index (χ1n) is 9.82. The van der Waals surface area contributed by atoms with Crippen molar-refractivity contribution in [1.29, 1.82) is 0 Å². The summed E-state index contributed by atoms with van der Waals surface area (Å²) in [5.74, 6) is 2.43. The zero-order valence-electron chi connectivity index (χ0n) is 16.2. The third-order valence-corrected chi connectivity index (χ3v) is 5.85. The number of halogens is 1. The van der Waals surface area contributed by atoms with Crippen LogP contribution in [0.15, 0.2) is 35.3 Å². The number of hydrogen-bond acceptors (Lipinski definition) is 2. The van der Waals surface area contributed by atoms with Crippen LogP contribution in [0.2, 0.25) is 0 Å². The molecule has 0 aromatic heterocycles. The van der Waals surface area contributed by atoms with Gasteiger partial charge in [0.05, 0.1) is 0 Å². The minimum absolute atomic E-state index is 0. The molecular formula is C21H34IN3O. The summed E-state index contributed by atoms with van der Waals surface area (Å²) in [4.78, 5) is 4.90. The molecule has 1 aromatic rings. The highest BCUT2D eigenvalue weighted by Crippen LogP contribution is 2.47. The highest BCUT2D eigenvalue weighted by Gasteiger charge is 2.38. The van der Waals surface area contributed by atoms with Gasteiger partial charge in [-0.25, -0.2) is 0 Å². The van der Waals surface area contributed by atoms with E-state index in [1.165, 1.54) is 31.2 Å². The Kier molecular flexibility index (Phi) is 8.67. The molecule has 2 unspecified atom stereocenters. The van der Waals surface area contributed by atoms with E-state index in [2.05, 4.69) is 47.9 Å². The fourth-order valence-corrected chi connectivity index (χ4v) is 3.88. The van der Waals surface area contributed by atoms with Gasteiger partial charge in [0.15, 0.2) is 5.96 Å². The van der Waals surface area contributed by atoms with E-state index in [4.69, 9.17) is 9.73 Å². The van der Waals surface area contributed by atoms with Crippen LogP contribution in [0.1, 0.15) is 50.5 Å². The average molecular weight is 471 g/mol. The normalized spacial score (nSPS) is 23.5. The van der Waals surface area contributed by atoms with Gasteiger partial charge in [0, 0.05) is 33.4 Å². The quantitative estimate of drug-likeness (QED) is 0.323. The molecule has 0 saturated heterocycles. The number of benzene rings is 1. The summed E-state index contributed by atoms with van der Waals surface area (Å²) in [6, 6.07) is 10.9. The lowest BCUT2D eigenvalue weighted by atomic mass is 9.67. The standard InChI is InChI=1S/C21H33N3O.HI/c1-3-22-20(24-16-21(10-7-11-21)12-13-25-2)23-15-18-14-19(18)17-8-5-4-6-9-17;/h4-6,8-9,18-19H,3,7,10-16H2,1-2H3,(H2,22,23,24);1H.